The molecule has 28 heavy (non-hydrogen) atoms. The molecule has 0 spiro atoms. The fourth-order valence-electron chi connectivity index (χ4n) is 2.43. The van der Waals surface area contributed by atoms with Gasteiger partial charge in [0.25, 0.3) is 0 Å². The highest BCUT2D eigenvalue weighted by Crippen LogP contribution is 2.27. The average Bonchev–Trinajstić information content (AvgIpc) is 2.64. The maximum atomic E-state index is 12.6. The number of hydrogen-bond donors (Lipinski definition) is 0. The van der Waals surface area contributed by atoms with Gasteiger partial charge in [-0.15, -0.1) is 0 Å². The van der Waals surface area contributed by atoms with Crippen LogP contribution in [0.4, 0.5) is 5.69 Å². The number of rotatable bonds is 5. The normalized spacial score (nSPS) is 11.7. The maximum absolute atomic E-state index is 12.6. The highest BCUT2D eigenvalue weighted by Gasteiger charge is 2.18. The van der Waals surface area contributed by atoms with Crippen molar-refractivity contribution in [3.63, 3.8) is 0 Å². The molecule has 0 bridgehead atoms. The van der Waals surface area contributed by atoms with Crippen molar-refractivity contribution in [2.75, 3.05) is 0 Å². The van der Waals surface area contributed by atoms with Crippen LogP contribution in [-0.2, 0) is 10.1 Å². The van der Waals surface area contributed by atoms with E-state index in [1.165, 1.54) is 24.4 Å². The molecule has 0 heterocycles. The average molecular weight is 434 g/mol. The molecule has 3 aromatic carbocycles. The fraction of sp³-hybridized carbons (Fsp3) is 0.0952. The smallest absolute Gasteiger partial charge is 0.339 e. The zero-order valence-electron chi connectivity index (χ0n) is 15.2. The Labute approximate surface area is 174 Å². The van der Waals surface area contributed by atoms with E-state index in [9.17, 15) is 8.42 Å². The van der Waals surface area contributed by atoms with Crippen molar-refractivity contribution in [1.82, 2.24) is 0 Å². The lowest BCUT2D eigenvalue weighted by atomic mass is 10.2. The lowest BCUT2D eigenvalue weighted by Gasteiger charge is -2.10. The molecule has 3 aromatic rings. The van der Waals surface area contributed by atoms with Crippen LogP contribution in [0.1, 0.15) is 16.7 Å². The minimum absolute atomic E-state index is 0.0709. The Morgan fingerprint density at radius 2 is 1.54 bits per heavy atom. The number of nitrogens with zero attached hydrogens (tertiary/aromatic N) is 1. The predicted octanol–water partition coefficient (Wildman–Crippen LogP) is 6.13. The minimum Gasteiger partial charge on any atom is -0.378 e. The largest absolute Gasteiger partial charge is 0.378 e. The second-order valence-corrected chi connectivity index (χ2v) is 8.64. The maximum Gasteiger partial charge on any atom is 0.339 e. The first-order valence-corrected chi connectivity index (χ1v) is 10.5. The van der Waals surface area contributed by atoms with E-state index >= 15 is 0 Å². The summed E-state index contributed by atoms with van der Waals surface area (Å²) in [5.41, 5.74) is 2.98. The van der Waals surface area contributed by atoms with Gasteiger partial charge in [-0.3, -0.25) is 4.99 Å². The van der Waals surface area contributed by atoms with Crippen LogP contribution in [-0.4, -0.2) is 14.6 Å². The van der Waals surface area contributed by atoms with Crippen LogP contribution in [0.2, 0.25) is 10.0 Å². The van der Waals surface area contributed by atoms with Gasteiger partial charge in [0.05, 0.1) is 5.69 Å². The first-order valence-electron chi connectivity index (χ1n) is 8.35. The molecular formula is C21H17Cl2NO3S. The third-order valence-electron chi connectivity index (χ3n) is 3.99. The van der Waals surface area contributed by atoms with Crippen LogP contribution in [0.5, 0.6) is 5.75 Å². The minimum atomic E-state index is -3.99. The quantitative estimate of drug-likeness (QED) is 0.359. The van der Waals surface area contributed by atoms with Gasteiger partial charge in [0.2, 0.25) is 0 Å². The Balaban J connectivity index is 1.96. The second kappa shape index (κ2) is 8.35. The molecule has 3 rings (SSSR count). The highest BCUT2D eigenvalue weighted by atomic mass is 35.5. The standard InChI is InChI=1S/C21H17Cl2NO3S/c1-14-3-8-19(9-4-14)28(25,26)27-21-10-7-17(22)11-16(21)13-24-20-12-18(23)6-5-15(20)2/h3-13H,1-2H3. The molecular weight excluding hydrogens is 417 g/mol. The van der Waals surface area contributed by atoms with E-state index in [4.69, 9.17) is 27.4 Å². The first kappa shape index (κ1) is 20.4. The van der Waals surface area contributed by atoms with Gasteiger partial charge < -0.3 is 4.18 Å². The highest BCUT2D eigenvalue weighted by molar-refractivity contribution is 7.87. The molecule has 0 radical (unpaired) electrons. The van der Waals surface area contributed by atoms with E-state index in [2.05, 4.69) is 4.99 Å². The van der Waals surface area contributed by atoms with Gasteiger partial charge in [-0.1, -0.05) is 47.0 Å². The number of aryl methyl sites for hydroxylation is 2. The van der Waals surface area contributed by atoms with E-state index in [1.54, 1.807) is 36.4 Å². The summed E-state index contributed by atoms with van der Waals surface area (Å²) in [4.78, 5) is 4.48. The summed E-state index contributed by atoms with van der Waals surface area (Å²) in [6.07, 6.45) is 1.50. The summed E-state index contributed by atoms with van der Waals surface area (Å²) in [7, 11) is -3.99. The number of hydrogen-bond acceptors (Lipinski definition) is 4. The Hall–Kier alpha value is -2.34. The number of benzene rings is 3. The van der Waals surface area contributed by atoms with E-state index in [0.29, 0.717) is 21.3 Å². The summed E-state index contributed by atoms with van der Waals surface area (Å²) < 4.78 is 30.6. The van der Waals surface area contributed by atoms with Crippen LogP contribution in [0, 0.1) is 13.8 Å². The summed E-state index contributed by atoms with van der Waals surface area (Å²) in [5.74, 6) is 0.133. The van der Waals surface area contributed by atoms with Crippen LogP contribution < -0.4 is 4.18 Å². The van der Waals surface area contributed by atoms with Gasteiger partial charge in [-0.25, -0.2) is 0 Å². The molecule has 0 N–H and O–H groups in total. The molecule has 7 heteroatoms. The summed E-state index contributed by atoms with van der Waals surface area (Å²) >= 11 is 12.1. The molecule has 0 aliphatic carbocycles. The van der Waals surface area contributed by atoms with Crippen LogP contribution in [0.25, 0.3) is 0 Å². The van der Waals surface area contributed by atoms with Crippen molar-refractivity contribution in [2.24, 2.45) is 4.99 Å². The molecule has 0 atom stereocenters. The van der Waals surface area contributed by atoms with Gasteiger partial charge in [0, 0.05) is 21.8 Å². The van der Waals surface area contributed by atoms with Gasteiger partial charge >= 0.3 is 10.1 Å². The third-order valence-corrected chi connectivity index (χ3v) is 5.71. The van der Waals surface area contributed by atoms with E-state index < -0.39 is 10.1 Å². The summed E-state index contributed by atoms with van der Waals surface area (Å²) in [6, 6.07) is 16.4. The van der Waals surface area contributed by atoms with Crippen molar-refractivity contribution >= 4 is 45.2 Å². The molecule has 0 aliphatic heterocycles. The molecule has 0 saturated carbocycles. The number of aliphatic imine (C=N–C) groups is 1. The van der Waals surface area contributed by atoms with Crippen molar-refractivity contribution in [3.8, 4) is 5.75 Å². The van der Waals surface area contributed by atoms with Crippen molar-refractivity contribution in [2.45, 2.75) is 18.7 Å². The van der Waals surface area contributed by atoms with E-state index in [0.717, 1.165) is 11.1 Å². The molecule has 4 nitrogen and oxygen atoms in total. The van der Waals surface area contributed by atoms with Gasteiger partial charge in [0.15, 0.2) is 5.75 Å². The molecule has 144 valence electrons. The van der Waals surface area contributed by atoms with Crippen LogP contribution >= 0.6 is 23.2 Å². The monoisotopic (exact) mass is 433 g/mol. The van der Waals surface area contributed by atoms with Gasteiger partial charge in [-0.2, -0.15) is 8.42 Å². The summed E-state index contributed by atoms with van der Waals surface area (Å²) in [5, 5.41) is 0.992. The Kier molecular flexibility index (Phi) is 6.08. The molecule has 0 amide bonds. The predicted molar refractivity (Wildman–Crippen MR) is 114 cm³/mol. The molecule has 0 aromatic heterocycles. The molecule has 0 fully saturated rings. The SMILES string of the molecule is Cc1ccc(S(=O)(=O)Oc2ccc(Cl)cc2C=Nc2cc(Cl)ccc2C)cc1. The zero-order chi connectivity index (χ0) is 20.3. The van der Waals surface area contributed by atoms with E-state index in [-0.39, 0.29) is 10.6 Å². The van der Waals surface area contributed by atoms with Crippen LogP contribution in [0.15, 0.2) is 70.6 Å². The number of halogens is 2. The van der Waals surface area contributed by atoms with Crippen molar-refractivity contribution in [1.29, 1.82) is 0 Å². The summed E-state index contributed by atoms with van der Waals surface area (Å²) in [6.45, 7) is 3.78. The Morgan fingerprint density at radius 3 is 2.25 bits per heavy atom. The fourth-order valence-corrected chi connectivity index (χ4v) is 3.73. The third kappa shape index (κ3) is 4.93. The second-order valence-electron chi connectivity index (χ2n) is 6.22. The Bertz CT molecular complexity index is 1140. The Morgan fingerprint density at radius 1 is 0.893 bits per heavy atom. The van der Waals surface area contributed by atoms with Gasteiger partial charge in [0.1, 0.15) is 4.90 Å². The van der Waals surface area contributed by atoms with Crippen molar-refractivity contribution < 1.29 is 12.6 Å². The first-order chi connectivity index (χ1) is 13.2. The topological polar surface area (TPSA) is 55.7 Å². The lowest BCUT2D eigenvalue weighted by molar-refractivity contribution is 0.485. The molecule has 0 saturated heterocycles. The zero-order valence-corrected chi connectivity index (χ0v) is 17.5. The van der Waals surface area contributed by atoms with E-state index in [1.807, 2.05) is 19.9 Å². The molecule has 0 unspecified atom stereocenters. The van der Waals surface area contributed by atoms with Crippen LogP contribution in [0.3, 0.4) is 0 Å². The lowest BCUT2D eigenvalue weighted by Crippen LogP contribution is -2.11. The van der Waals surface area contributed by atoms with Gasteiger partial charge in [-0.05, 0) is 61.9 Å². The van der Waals surface area contributed by atoms with Crippen molar-refractivity contribution in [3.05, 3.63) is 87.4 Å². The molecule has 0 aliphatic rings.